The molecule has 2 rings (SSSR count). The van der Waals surface area contributed by atoms with Crippen LogP contribution in [0, 0.1) is 0 Å². The number of rotatable bonds is 6. The van der Waals surface area contributed by atoms with Crippen molar-refractivity contribution in [3.8, 4) is 11.5 Å². The van der Waals surface area contributed by atoms with Gasteiger partial charge >= 0.3 is 0 Å². The molecule has 1 aliphatic heterocycles. The Kier molecular flexibility index (Phi) is 5.07. The van der Waals surface area contributed by atoms with Crippen LogP contribution < -0.4 is 20.1 Å². The lowest BCUT2D eigenvalue weighted by Gasteiger charge is -2.26. The topological polar surface area (TPSA) is 59.6 Å². The lowest BCUT2D eigenvalue weighted by molar-refractivity contribution is -0.122. The maximum Gasteiger partial charge on any atom is 0.244 e. The Morgan fingerprint density at radius 3 is 2.76 bits per heavy atom. The van der Waals surface area contributed by atoms with Gasteiger partial charge in [-0.1, -0.05) is 6.92 Å². The highest BCUT2D eigenvalue weighted by molar-refractivity contribution is 5.98. The van der Waals surface area contributed by atoms with Gasteiger partial charge in [-0.15, -0.1) is 0 Å². The number of nitrogens with one attached hydrogen (secondary N) is 2. The summed E-state index contributed by atoms with van der Waals surface area (Å²) >= 11 is 0. The Bertz CT molecular complexity index is 496. The summed E-state index contributed by atoms with van der Waals surface area (Å²) in [4.78, 5) is 12.5. The Balaban J connectivity index is 2.15. The zero-order chi connectivity index (χ0) is 15.3. The quantitative estimate of drug-likeness (QED) is 0.846. The summed E-state index contributed by atoms with van der Waals surface area (Å²) in [7, 11) is 1.60. The summed E-state index contributed by atoms with van der Waals surface area (Å²) in [5.41, 5.74) is 0.289. The molecule has 116 valence electrons. The smallest absolute Gasteiger partial charge is 0.244 e. The predicted molar refractivity (Wildman–Crippen MR) is 83.1 cm³/mol. The molecule has 1 unspecified atom stereocenters. The van der Waals surface area contributed by atoms with Gasteiger partial charge in [-0.25, -0.2) is 0 Å². The fourth-order valence-electron chi connectivity index (χ4n) is 2.74. The summed E-state index contributed by atoms with van der Waals surface area (Å²) in [6, 6.07) is 5.44. The molecule has 0 saturated carbocycles. The van der Waals surface area contributed by atoms with E-state index < -0.39 is 5.54 Å². The minimum Gasteiger partial charge on any atom is -0.493 e. The Morgan fingerprint density at radius 1 is 1.38 bits per heavy atom. The highest BCUT2D eigenvalue weighted by atomic mass is 16.5. The van der Waals surface area contributed by atoms with Crippen LogP contribution in [0.5, 0.6) is 11.5 Å². The molecule has 1 saturated heterocycles. The van der Waals surface area contributed by atoms with Crippen LogP contribution in [0.3, 0.4) is 0 Å². The van der Waals surface area contributed by atoms with Gasteiger partial charge in [-0.2, -0.15) is 0 Å². The molecule has 0 radical (unpaired) electrons. The number of anilines is 1. The van der Waals surface area contributed by atoms with Crippen molar-refractivity contribution < 1.29 is 14.3 Å². The van der Waals surface area contributed by atoms with Crippen LogP contribution >= 0.6 is 0 Å². The average Bonchev–Trinajstić information content (AvgIpc) is 2.98. The number of carbonyl (C=O) groups is 1. The first-order valence-corrected chi connectivity index (χ1v) is 7.52. The lowest BCUT2D eigenvalue weighted by Crippen LogP contribution is -2.50. The van der Waals surface area contributed by atoms with Crippen molar-refractivity contribution in [2.45, 2.75) is 38.6 Å². The molecule has 5 heteroatoms. The van der Waals surface area contributed by atoms with E-state index in [1.54, 1.807) is 19.2 Å². The molecular formula is C16H24N2O3. The number of benzene rings is 1. The van der Waals surface area contributed by atoms with Gasteiger partial charge in [-0.3, -0.25) is 4.79 Å². The zero-order valence-electron chi connectivity index (χ0n) is 13.0. The van der Waals surface area contributed by atoms with E-state index in [2.05, 4.69) is 10.6 Å². The van der Waals surface area contributed by atoms with E-state index in [4.69, 9.17) is 9.47 Å². The summed E-state index contributed by atoms with van der Waals surface area (Å²) in [6.07, 6.45) is 2.70. The number of methoxy groups -OCH3 is 1. The molecule has 5 nitrogen and oxygen atoms in total. The highest BCUT2D eigenvalue weighted by Gasteiger charge is 2.39. The Labute approximate surface area is 126 Å². The van der Waals surface area contributed by atoms with Crippen LogP contribution in [-0.4, -0.2) is 31.7 Å². The van der Waals surface area contributed by atoms with Crippen molar-refractivity contribution in [2.24, 2.45) is 0 Å². The van der Waals surface area contributed by atoms with Crippen LogP contribution in [0.15, 0.2) is 18.2 Å². The van der Waals surface area contributed by atoms with E-state index in [1.807, 2.05) is 19.9 Å². The molecule has 0 spiro atoms. The maximum absolute atomic E-state index is 12.5. The van der Waals surface area contributed by atoms with Crippen LogP contribution in [0.2, 0.25) is 0 Å². The third kappa shape index (κ3) is 3.29. The second kappa shape index (κ2) is 6.80. The average molecular weight is 292 g/mol. The second-order valence-corrected chi connectivity index (χ2v) is 5.22. The fraction of sp³-hybridized carbons (Fsp3) is 0.562. The molecule has 1 heterocycles. The number of ether oxygens (including phenoxy) is 2. The van der Waals surface area contributed by atoms with E-state index >= 15 is 0 Å². The number of carbonyl (C=O) groups excluding carboxylic acids is 1. The van der Waals surface area contributed by atoms with E-state index in [0.717, 1.165) is 31.5 Å². The standard InChI is InChI=1S/C16H24N2O3/c1-4-16(9-6-10-17-16)15(19)18-12-7-8-13(20-3)14(11-12)21-5-2/h7-8,11,17H,4-6,9-10H2,1-3H3,(H,18,19). The predicted octanol–water partition coefficient (Wildman–Crippen LogP) is 2.56. The highest BCUT2D eigenvalue weighted by Crippen LogP contribution is 2.31. The number of hydrogen-bond donors (Lipinski definition) is 2. The van der Waals surface area contributed by atoms with Crippen LogP contribution in [0.25, 0.3) is 0 Å². The molecule has 1 aliphatic rings. The molecule has 1 atom stereocenters. The molecule has 0 aromatic heterocycles. The van der Waals surface area contributed by atoms with Crippen molar-refractivity contribution in [1.82, 2.24) is 5.32 Å². The maximum atomic E-state index is 12.5. The van der Waals surface area contributed by atoms with Crippen molar-refractivity contribution in [3.63, 3.8) is 0 Å². The van der Waals surface area contributed by atoms with E-state index in [0.29, 0.717) is 18.1 Å². The van der Waals surface area contributed by atoms with Gasteiger partial charge in [-0.05, 0) is 44.9 Å². The number of hydrogen-bond acceptors (Lipinski definition) is 4. The molecule has 1 aromatic rings. The Hall–Kier alpha value is -1.75. The number of amides is 1. The molecule has 0 aliphatic carbocycles. The molecule has 21 heavy (non-hydrogen) atoms. The van der Waals surface area contributed by atoms with Gasteiger partial charge < -0.3 is 20.1 Å². The van der Waals surface area contributed by atoms with Gasteiger partial charge in [0, 0.05) is 11.8 Å². The summed E-state index contributed by atoms with van der Waals surface area (Å²) in [5, 5.41) is 6.32. The monoisotopic (exact) mass is 292 g/mol. The first-order valence-electron chi connectivity index (χ1n) is 7.52. The summed E-state index contributed by atoms with van der Waals surface area (Å²) < 4.78 is 10.8. The minimum atomic E-state index is -0.439. The minimum absolute atomic E-state index is 0.0233. The second-order valence-electron chi connectivity index (χ2n) is 5.22. The van der Waals surface area contributed by atoms with E-state index in [9.17, 15) is 4.79 Å². The third-order valence-electron chi connectivity index (χ3n) is 4.00. The third-order valence-corrected chi connectivity index (χ3v) is 4.00. The summed E-state index contributed by atoms with van der Waals surface area (Å²) in [6.45, 7) is 5.40. The lowest BCUT2D eigenvalue weighted by atomic mass is 9.93. The van der Waals surface area contributed by atoms with Crippen LogP contribution in [-0.2, 0) is 4.79 Å². The normalized spacial score (nSPS) is 21.1. The molecule has 1 fully saturated rings. The molecule has 1 amide bonds. The SMILES string of the molecule is CCOc1cc(NC(=O)C2(CC)CCCN2)ccc1OC. The molecular weight excluding hydrogens is 268 g/mol. The van der Waals surface area contributed by atoms with Crippen molar-refractivity contribution in [3.05, 3.63) is 18.2 Å². The van der Waals surface area contributed by atoms with Gasteiger partial charge in [0.25, 0.3) is 0 Å². The van der Waals surface area contributed by atoms with Crippen molar-refractivity contribution in [2.75, 3.05) is 25.6 Å². The van der Waals surface area contributed by atoms with Gasteiger partial charge in [0.05, 0.1) is 19.3 Å². The van der Waals surface area contributed by atoms with Crippen molar-refractivity contribution in [1.29, 1.82) is 0 Å². The first kappa shape index (κ1) is 15.6. The van der Waals surface area contributed by atoms with E-state index in [-0.39, 0.29) is 5.91 Å². The van der Waals surface area contributed by atoms with Gasteiger partial charge in [0.2, 0.25) is 5.91 Å². The first-order chi connectivity index (χ1) is 10.1. The van der Waals surface area contributed by atoms with Gasteiger partial charge in [0.1, 0.15) is 0 Å². The zero-order valence-corrected chi connectivity index (χ0v) is 13.0. The Morgan fingerprint density at radius 2 is 2.19 bits per heavy atom. The molecule has 2 N–H and O–H groups in total. The van der Waals surface area contributed by atoms with Gasteiger partial charge in [0.15, 0.2) is 11.5 Å². The van der Waals surface area contributed by atoms with Crippen LogP contribution in [0.1, 0.15) is 33.1 Å². The van der Waals surface area contributed by atoms with E-state index in [1.165, 1.54) is 0 Å². The fourth-order valence-corrected chi connectivity index (χ4v) is 2.74. The molecule has 1 aromatic carbocycles. The summed E-state index contributed by atoms with van der Waals surface area (Å²) in [5.74, 6) is 1.33. The largest absolute Gasteiger partial charge is 0.493 e. The van der Waals surface area contributed by atoms with Crippen LogP contribution in [0.4, 0.5) is 5.69 Å². The molecule has 0 bridgehead atoms. The van der Waals surface area contributed by atoms with Crippen molar-refractivity contribution >= 4 is 11.6 Å².